The second-order valence-corrected chi connectivity index (χ2v) is 6.60. The molecule has 0 amide bonds. The molecular weight excluding hydrogens is 258 g/mol. The average Bonchev–Trinajstić information content (AvgIpc) is 2.31. The minimum atomic E-state index is -3.32. The first-order valence-corrected chi connectivity index (χ1v) is 7.65. The van der Waals surface area contributed by atoms with Crippen molar-refractivity contribution in [3.8, 4) is 0 Å². The van der Waals surface area contributed by atoms with E-state index in [-0.39, 0.29) is 36.7 Å². The van der Waals surface area contributed by atoms with Gasteiger partial charge in [0.1, 0.15) is 0 Å². The van der Waals surface area contributed by atoms with E-state index in [1.807, 2.05) is 13.8 Å². The molecule has 0 aromatic carbocycles. The third-order valence-corrected chi connectivity index (χ3v) is 4.95. The molecule has 2 atom stereocenters. The van der Waals surface area contributed by atoms with Crippen molar-refractivity contribution in [2.45, 2.75) is 38.8 Å². The van der Waals surface area contributed by atoms with Crippen molar-refractivity contribution in [3.05, 3.63) is 0 Å². The van der Waals surface area contributed by atoms with Crippen LogP contribution < -0.4 is 0 Å². The molecule has 2 unspecified atom stereocenters. The molecular formula is C11H21NO5S. The number of carbonyl (C=O) groups excluding carboxylic acids is 1. The molecule has 0 saturated carbocycles. The van der Waals surface area contributed by atoms with Crippen LogP contribution in [0.1, 0.15) is 26.7 Å². The highest BCUT2D eigenvalue weighted by atomic mass is 32.2. The van der Waals surface area contributed by atoms with Gasteiger partial charge >= 0.3 is 5.97 Å². The predicted octanol–water partition coefficient (Wildman–Crippen LogP) is 0.379. The summed E-state index contributed by atoms with van der Waals surface area (Å²) in [5.41, 5.74) is 0. The van der Waals surface area contributed by atoms with Crippen LogP contribution in [0.4, 0.5) is 0 Å². The average molecular weight is 279 g/mol. The molecule has 1 fully saturated rings. The number of nitrogens with zero attached hydrogens (tertiary/aromatic N) is 1. The van der Waals surface area contributed by atoms with Crippen LogP contribution in [0.2, 0.25) is 0 Å². The van der Waals surface area contributed by atoms with E-state index in [2.05, 4.69) is 4.74 Å². The number of morpholine rings is 1. The molecule has 1 aliphatic heterocycles. The maximum Gasteiger partial charge on any atom is 0.305 e. The zero-order valence-electron chi connectivity index (χ0n) is 11.1. The van der Waals surface area contributed by atoms with Crippen LogP contribution in [0.3, 0.4) is 0 Å². The molecule has 1 heterocycles. The highest BCUT2D eigenvalue weighted by Crippen LogP contribution is 2.17. The number of ether oxygens (including phenoxy) is 2. The van der Waals surface area contributed by atoms with Gasteiger partial charge in [-0.2, -0.15) is 4.31 Å². The molecule has 0 aromatic rings. The summed E-state index contributed by atoms with van der Waals surface area (Å²) in [7, 11) is -2.03. The Labute approximate surface area is 108 Å². The van der Waals surface area contributed by atoms with Gasteiger partial charge in [-0.15, -0.1) is 0 Å². The molecule has 1 rings (SSSR count). The quantitative estimate of drug-likeness (QED) is 0.680. The summed E-state index contributed by atoms with van der Waals surface area (Å²) in [6, 6.07) is -0.149. The molecule has 106 valence electrons. The Balaban J connectivity index is 2.54. The Hall–Kier alpha value is -0.660. The fourth-order valence-electron chi connectivity index (χ4n) is 1.88. The van der Waals surface area contributed by atoms with E-state index in [1.54, 1.807) is 0 Å². The molecule has 1 aliphatic rings. The summed E-state index contributed by atoms with van der Waals surface area (Å²) in [6.45, 7) is 4.46. The minimum Gasteiger partial charge on any atom is -0.469 e. The lowest BCUT2D eigenvalue weighted by molar-refractivity contribution is -0.140. The van der Waals surface area contributed by atoms with Gasteiger partial charge in [-0.25, -0.2) is 8.42 Å². The molecule has 0 radical (unpaired) electrons. The minimum absolute atomic E-state index is 0.0286. The maximum absolute atomic E-state index is 12.1. The SMILES string of the molecule is COC(=O)CCCS(=O)(=O)N1CC(C)OCC1C. The summed E-state index contributed by atoms with van der Waals surface area (Å²) >= 11 is 0. The zero-order chi connectivity index (χ0) is 13.8. The van der Waals surface area contributed by atoms with Crippen molar-refractivity contribution in [3.63, 3.8) is 0 Å². The lowest BCUT2D eigenvalue weighted by atomic mass is 10.2. The molecule has 0 N–H and O–H groups in total. The summed E-state index contributed by atoms with van der Waals surface area (Å²) < 4.78 is 35.6. The number of rotatable bonds is 5. The van der Waals surface area contributed by atoms with E-state index < -0.39 is 10.0 Å². The topological polar surface area (TPSA) is 72.9 Å². The number of hydrogen-bond donors (Lipinski definition) is 0. The van der Waals surface area contributed by atoms with E-state index in [1.165, 1.54) is 11.4 Å². The van der Waals surface area contributed by atoms with Crippen LogP contribution >= 0.6 is 0 Å². The van der Waals surface area contributed by atoms with E-state index in [0.29, 0.717) is 13.2 Å². The van der Waals surface area contributed by atoms with Crippen molar-refractivity contribution >= 4 is 16.0 Å². The van der Waals surface area contributed by atoms with E-state index >= 15 is 0 Å². The van der Waals surface area contributed by atoms with Crippen LogP contribution in [0.25, 0.3) is 0 Å². The maximum atomic E-state index is 12.1. The normalized spacial score (nSPS) is 25.9. The molecule has 0 spiro atoms. The van der Waals surface area contributed by atoms with Gasteiger partial charge in [-0.05, 0) is 20.3 Å². The molecule has 18 heavy (non-hydrogen) atoms. The fraction of sp³-hybridized carbons (Fsp3) is 0.909. The molecule has 6 nitrogen and oxygen atoms in total. The highest BCUT2D eigenvalue weighted by Gasteiger charge is 2.32. The number of esters is 1. The summed E-state index contributed by atoms with van der Waals surface area (Å²) in [6.07, 6.45) is 0.328. The first kappa shape index (κ1) is 15.4. The second kappa shape index (κ2) is 6.49. The van der Waals surface area contributed by atoms with E-state index in [9.17, 15) is 13.2 Å². The monoisotopic (exact) mass is 279 g/mol. The van der Waals surface area contributed by atoms with Crippen molar-refractivity contribution in [1.82, 2.24) is 4.31 Å². The van der Waals surface area contributed by atoms with Gasteiger partial charge in [0.25, 0.3) is 0 Å². The van der Waals surface area contributed by atoms with Crippen molar-refractivity contribution in [1.29, 1.82) is 0 Å². The number of methoxy groups -OCH3 is 1. The Morgan fingerprint density at radius 2 is 2.11 bits per heavy atom. The second-order valence-electron chi connectivity index (χ2n) is 4.56. The van der Waals surface area contributed by atoms with Crippen LogP contribution in [-0.2, 0) is 24.3 Å². The van der Waals surface area contributed by atoms with Crippen molar-refractivity contribution < 1.29 is 22.7 Å². The first-order chi connectivity index (χ1) is 8.36. The van der Waals surface area contributed by atoms with Gasteiger partial charge in [-0.1, -0.05) is 0 Å². The smallest absolute Gasteiger partial charge is 0.305 e. The fourth-order valence-corrected chi connectivity index (χ4v) is 3.67. The van der Waals surface area contributed by atoms with Gasteiger partial charge in [0.15, 0.2) is 0 Å². The molecule has 0 aromatic heterocycles. The standard InChI is InChI=1S/C11H21NO5S/c1-9-8-17-10(2)7-12(9)18(14,15)6-4-5-11(13)16-3/h9-10H,4-8H2,1-3H3. The Kier molecular flexibility index (Phi) is 5.55. The lowest BCUT2D eigenvalue weighted by Crippen LogP contribution is -2.50. The van der Waals surface area contributed by atoms with Gasteiger partial charge < -0.3 is 9.47 Å². The number of sulfonamides is 1. The Morgan fingerprint density at radius 3 is 2.72 bits per heavy atom. The number of carbonyl (C=O) groups is 1. The molecule has 0 bridgehead atoms. The van der Waals surface area contributed by atoms with E-state index in [0.717, 1.165) is 0 Å². The Bertz CT molecular complexity index is 381. The van der Waals surface area contributed by atoms with Crippen molar-refractivity contribution in [2.24, 2.45) is 0 Å². The van der Waals surface area contributed by atoms with Crippen LogP contribution in [-0.4, -0.2) is 56.9 Å². The van der Waals surface area contributed by atoms with Gasteiger partial charge in [0.05, 0.1) is 25.6 Å². The molecule has 1 saturated heterocycles. The Morgan fingerprint density at radius 1 is 1.44 bits per heavy atom. The highest BCUT2D eigenvalue weighted by molar-refractivity contribution is 7.89. The van der Waals surface area contributed by atoms with Crippen LogP contribution in [0.5, 0.6) is 0 Å². The summed E-state index contributed by atoms with van der Waals surface area (Å²) in [5.74, 6) is -0.410. The third-order valence-electron chi connectivity index (χ3n) is 2.92. The lowest BCUT2D eigenvalue weighted by Gasteiger charge is -2.35. The largest absolute Gasteiger partial charge is 0.469 e. The summed E-state index contributed by atoms with van der Waals surface area (Å²) in [5, 5.41) is 0. The van der Waals surface area contributed by atoms with Crippen LogP contribution in [0, 0.1) is 0 Å². The van der Waals surface area contributed by atoms with E-state index in [4.69, 9.17) is 4.74 Å². The van der Waals surface area contributed by atoms with Crippen LogP contribution in [0.15, 0.2) is 0 Å². The summed E-state index contributed by atoms with van der Waals surface area (Å²) in [4.78, 5) is 10.9. The zero-order valence-corrected chi connectivity index (χ0v) is 11.9. The molecule has 0 aliphatic carbocycles. The van der Waals surface area contributed by atoms with Gasteiger partial charge in [0.2, 0.25) is 10.0 Å². The molecule has 7 heteroatoms. The third kappa shape index (κ3) is 4.22. The predicted molar refractivity (Wildman–Crippen MR) is 66.6 cm³/mol. The number of hydrogen-bond acceptors (Lipinski definition) is 5. The first-order valence-electron chi connectivity index (χ1n) is 6.04. The van der Waals surface area contributed by atoms with Gasteiger partial charge in [0, 0.05) is 19.0 Å². The van der Waals surface area contributed by atoms with Gasteiger partial charge in [-0.3, -0.25) is 4.79 Å². The van der Waals surface area contributed by atoms with Crippen molar-refractivity contribution in [2.75, 3.05) is 26.0 Å².